The molecule has 4 aromatic rings. The predicted octanol–water partition coefficient (Wildman–Crippen LogP) is 9.19. The summed E-state index contributed by atoms with van der Waals surface area (Å²) < 4.78 is 84.4. The Balaban J connectivity index is 0.000000221. The number of likely N-dealkylation sites (tertiary alicyclic amines) is 4. The van der Waals surface area contributed by atoms with Crippen LogP contribution in [0.4, 0.5) is 19.2 Å². The van der Waals surface area contributed by atoms with Crippen molar-refractivity contribution in [3.63, 3.8) is 0 Å². The first-order valence-electron chi connectivity index (χ1n) is 25.7. The summed E-state index contributed by atoms with van der Waals surface area (Å²) in [7, 11) is -7.89. The van der Waals surface area contributed by atoms with Gasteiger partial charge >= 0.3 is 24.4 Å². The van der Waals surface area contributed by atoms with Crippen molar-refractivity contribution in [1.29, 1.82) is 0 Å². The number of carbonyl (C=O) groups is 4. The van der Waals surface area contributed by atoms with Crippen LogP contribution in [-0.4, -0.2) is 137 Å². The summed E-state index contributed by atoms with van der Waals surface area (Å²) in [5.74, 6) is -0.548. The van der Waals surface area contributed by atoms with E-state index in [4.69, 9.17) is 27.3 Å². The highest BCUT2D eigenvalue weighted by atomic mass is 32.2. The van der Waals surface area contributed by atoms with Crippen LogP contribution in [0.1, 0.15) is 76.6 Å². The minimum atomic E-state index is -3.95. The standard InChI is InChI=1S/2C28H36N2O7S/c2*1-20-10-12-23(13-11-20)38(33,34)36-19-22-16-30(27(32)37-28(2,3)4)25-17-29(15-14-24(22)25)26(31)35-18-21-8-6-5-7-9-21/h2*5-13,22,24-25H,14-19H2,1-4H3/t2*22-,24+,25+/m10/s1. The van der Waals surface area contributed by atoms with Crippen LogP contribution in [0.3, 0.4) is 0 Å². The third kappa shape index (κ3) is 15.5. The van der Waals surface area contributed by atoms with Crippen LogP contribution in [0.5, 0.6) is 0 Å². The minimum Gasteiger partial charge on any atom is -0.445 e. The SMILES string of the molecule is Cc1ccc(S(=O)(=O)OC[C@@H]2CN(C(=O)OC(C)(C)C)[C@@H]3CN(C(=O)OCc4ccccc4)CC[C@H]23)cc1.Cc1ccc(S(=O)(=O)OC[C@H]2CN(C(=O)OC(C)(C)C)[C@H]3CN(C(=O)OCc4ccccc4)CC[C@@H]23)cc1. The predicted molar refractivity (Wildman–Crippen MR) is 282 cm³/mol. The maximum Gasteiger partial charge on any atom is 0.410 e. The van der Waals surface area contributed by atoms with Crippen molar-refractivity contribution in [1.82, 2.24) is 19.6 Å². The molecule has 4 aliphatic heterocycles. The first-order chi connectivity index (χ1) is 35.9. The number of nitrogens with zero attached hydrogens (tertiary/aromatic N) is 4. The smallest absolute Gasteiger partial charge is 0.410 e. The van der Waals surface area contributed by atoms with Crippen molar-refractivity contribution in [2.45, 2.75) is 115 Å². The van der Waals surface area contributed by atoms with Gasteiger partial charge < -0.3 is 38.5 Å². The van der Waals surface area contributed by atoms with Crippen molar-refractivity contribution in [3.05, 3.63) is 131 Å². The first kappa shape index (κ1) is 57.5. The molecule has 6 atom stereocenters. The second-order valence-corrected chi connectivity index (χ2v) is 25.1. The summed E-state index contributed by atoms with van der Waals surface area (Å²) in [6.07, 6.45) is -0.700. The van der Waals surface area contributed by atoms with E-state index >= 15 is 0 Å². The molecular weight excluding hydrogens is 1020 g/mol. The van der Waals surface area contributed by atoms with E-state index in [1.807, 2.05) is 74.5 Å². The van der Waals surface area contributed by atoms with Crippen LogP contribution in [0, 0.1) is 37.5 Å². The number of ether oxygens (including phenoxy) is 4. The Bertz CT molecular complexity index is 2650. The van der Waals surface area contributed by atoms with Gasteiger partial charge in [-0.3, -0.25) is 8.37 Å². The molecule has 18 nitrogen and oxygen atoms in total. The van der Waals surface area contributed by atoms with Gasteiger partial charge in [-0.1, -0.05) is 96.1 Å². The number of benzene rings is 4. The molecular formula is C56H72N4O14S2. The van der Waals surface area contributed by atoms with Gasteiger partial charge in [0.25, 0.3) is 20.2 Å². The number of amides is 4. The lowest BCUT2D eigenvalue weighted by Gasteiger charge is -2.38. The van der Waals surface area contributed by atoms with Crippen LogP contribution in [0.15, 0.2) is 119 Å². The van der Waals surface area contributed by atoms with E-state index in [9.17, 15) is 36.0 Å². The van der Waals surface area contributed by atoms with Crippen molar-refractivity contribution in [3.8, 4) is 0 Å². The zero-order valence-corrected chi connectivity index (χ0v) is 46.3. The Morgan fingerprint density at radius 3 is 1.16 bits per heavy atom. The van der Waals surface area contributed by atoms with E-state index in [1.54, 1.807) is 85.4 Å². The Kier molecular flexibility index (Phi) is 18.5. The molecule has 0 spiro atoms. The van der Waals surface area contributed by atoms with Gasteiger partial charge in [0, 0.05) is 51.1 Å². The summed E-state index contributed by atoms with van der Waals surface area (Å²) in [5, 5.41) is 0. The number of fused-ring (bicyclic) bond motifs is 2. The lowest BCUT2D eigenvalue weighted by Crippen LogP contribution is -2.52. The number of aryl methyl sites for hydroxylation is 2. The fourth-order valence-electron chi connectivity index (χ4n) is 9.97. The highest BCUT2D eigenvalue weighted by Gasteiger charge is 2.51. The van der Waals surface area contributed by atoms with Crippen LogP contribution < -0.4 is 0 Å². The van der Waals surface area contributed by atoms with E-state index in [-0.39, 0.29) is 98.2 Å². The first-order valence-corrected chi connectivity index (χ1v) is 28.5. The number of carbonyl (C=O) groups excluding carboxylic acids is 4. The van der Waals surface area contributed by atoms with Crippen LogP contribution >= 0.6 is 0 Å². The Labute approximate surface area is 447 Å². The van der Waals surface area contributed by atoms with Crippen molar-refractivity contribution in [2.24, 2.45) is 23.7 Å². The summed E-state index contributed by atoms with van der Waals surface area (Å²) in [4.78, 5) is 58.5. The largest absolute Gasteiger partial charge is 0.445 e. The summed E-state index contributed by atoms with van der Waals surface area (Å²) in [5.41, 5.74) is 2.28. The number of piperidine rings is 2. The average Bonchev–Trinajstić information content (AvgIpc) is 3.94. The van der Waals surface area contributed by atoms with E-state index in [0.29, 0.717) is 25.9 Å². The molecule has 4 aromatic carbocycles. The van der Waals surface area contributed by atoms with Gasteiger partial charge in [-0.25, -0.2) is 19.2 Å². The zero-order chi connectivity index (χ0) is 55.0. The Morgan fingerprint density at radius 1 is 0.487 bits per heavy atom. The third-order valence-electron chi connectivity index (χ3n) is 13.8. The fraction of sp³-hybridized carbons (Fsp3) is 0.500. The molecule has 0 radical (unpaired) electrons. The lowest BCUT2D eigenvalue weighted by atomic mass is 9.85. The molecule has 0 aromatic heterocycles. The van der Waals surface area contributed by atoms with Gasteiger partial charge in [-0.05, 0) is 115 Å². The second-order valence-electron chi connectivity index (χ2n) is 21.9. The average molecular weight is 1090 g/mol. The molecule has 0 bridgehead atoms. The maximum atomic E-state index is 13.1. The Hall–Kier alpha value is -6.22. The molecule has 0 saturated carbocycles. The molecule has 4 aliphatic rings. The summed E-state index contributed by atoms with van der Waals surface area (Å²) >= 11 is 0. The fourth-order valence-corrected chi connectivity index (χ4v) is 11.9. The highest BCUT2D eigenvalue weighted by Crippen LogP contribution is 2.40. The molecule has 4 heterocycles. The highest BCUT2D eigenvalue weighted by molar-refractivity contribution is 7.87. The molecule has 8 rings (SSSR count). The zero-order valence-electron chi connectivity index (χ0n) is 44.7. The third-order valence-corrected chi connectivity index (χ3v) is 16.4. The van der Waals surface area contributed by atoms with Crippen molar-refractivity contribution in [2.75, 3.05) is 52.5 Å². The summed E-state index contributed by atoms with van der Waals surface area (Å²) in [6.45, 7) is 16.7. The van der Waals surface area contributed by atoms with Gasteiger partial charge in [0.2, 0.25) is 0 Å². The van der Waals surface area contributed by atoms with Gasteiger partial charge in [-0.2, -0.15) is 16.8 Å². The summed E-state index contributed by atoms with van der Waals surface area (Å²) in [6, 6.07) is 31.2. The molecule has 412 valence electrons. The van der Waals surface area contributed by atoms with Gasteiger partial charge in [0.05, 0.1) is 35.1 Å². The van der Waals surface area contributed by atoms with Crippen LogP contribution in [0.2, 0.25) is 0 Å². The molecule has 4 fully saturated rings. The van der Waals surface area contributed by atoms with E-state index in [0.717, 1.165) is 22.3 Å². The van der Waals surface area contributed by atoms with Crippen molar-refractivity contribution < 1.29 is 63.3 Å². The van der Waals surface area contributed by atoms with E-state index in [1.165, 1.54) is 24.3 Å². The van der Waals surface area contributed by atoms with Crippen molar-refractivity contribution >= 4 is 44.6 Å². The monoisotopic (exact) mass is 1090 g/mol. The second kappa shape index (κ2) is 24.4. The lowest BCUT2D eigenvalue weighted by molar-refractivity contribution is 0.0102. The van der Waals surface area contributed by atoms with E-state index in [2.05, 4.69) is 0 Å². The van der Waals surface area contributed by atoms with Crippen LogP contribution in [0.25, 0.3) is 0 Å². The molecule has 76 heavy (non-hydrogen) atoms. The number of hydrogen-bond acceptors (Lipinski definition) is 14. The molecule has 4 saturated heterocycles. The van der Waals surface area contributed by atoms with Crippen LogP contribution in [-0.2, 0) is 60.8 Å². The van der Waals surface area contributed by atoms with Gasteiger partial charge in [0.15, 0.2) is 0 Å². The molecule has 20 heteroatoms. The quantitative estimate of drug-likeness (QED) is 0.0959. The number of rotatable bonds is 12. The van der Waals surface area contributed by atoms with E-state index < -0.39 is 55.8 Å². The molecule has 0 unspecified atom stereocenters. The Morgan fingerprint density at radius 2 is 0.829 bits per heavy atom. The molecule has 0 aliphatic carbocycles. The van der Waals surface area contributed by atoms with Gasteiger partial charge in [0.1, 0.15) is 24.4 Å². The molecule has 4 amide bonds. The normalized spacial score (nSPS) is 21.6. The maximum absolute atomic E-state index is 13.1. The molecule has 0 N–H and O–H groups in total. The minimum absolute atomic E-state index is 0.0473. The van der Waals surface area contributed by atoms with Gasteiger partial charge in [-0.15, -0.1) is 0 Å². The topological polar surface area (TPSA) is 205 Å². The number of hydrogen-bond donors (Lipinski definition) is 0.